The summed E-state index contributed by atoms with van der Waals surface area (Å²) in [6.45, 7) is 0. The van der Waals surface area contributed by atoms with E-state index in [0.717, 1.165) is 0 Å². The molecule has 0 atom stereocenters. The molecule has 0 bridgehead atoms. The summed E-state index contributed by atoms with van der Waals surface area (Å²) in [5, 5.41) is 0.945. The van der Waals surface area contributed by atoms with Crippen molar-refractivity contribution in [2.45, 2.75) is 0 Å². The highest BCUT2D eigenvalue weighted by atomic mass is 16.5. The van der Waals surface area contributed by atoms with Crippen molar-refractivity contribution >= 4 is 27.7 Å². The number of ether oxygens (including phenoxy) is 1. The number of rotatable bonds is 2. The van der Waals surface area contributed by atoms with Gasteiger partial charge in [0.25, 0.3) is 5.91 Å². The van der Waals surface area contributed by atoms with E-state index in [0.29, 0.717) is 33.1 Å². The summed E-state index contributed by atoms with van der Waals surface area (Å²) in [5.74, 6) is 0.0347. The fourth-order valence-electron chi connectivity index (χ4n) is 2.31. The van der Waals surface area contributed by atoms with Crippen LogP contribution in [-0.2, 0) is 0 Å². The Morgan fingerprint density at radius 2 is 2.00 bits per heavy atom. The number of hydrogen-bond acceptors (Lipinski definition) is 3. The fraction of sp³-hybridized carbons (Fsp3) is 0.0667. The second kappa shape index (κ2) is 4.38. The molecule has 0 saturated carbocycles. The van der Waals surface area contributed by atoms with E-state index in [4.69, 9.17) is 10.5 Å². The average molecular weight is 268 g/mol. The quantitative estimate of drug-likeness (QED) is 0.695. The number of carbonyl (C=O) groups is 1. The summed E-state index contributed by atoms with van der Waals surface area (Å²) < 4.78 is 5.12. The molecule has 1 amide bonds. The van der Waals surface area contributed by atoms with Gasteiger partial charge in [0.2, 0.25) is 0 Å². The Morgan fingerprint density at radius 1 is 1.20 bits per heavy atom. The van der Waals surface area contributed by atoms with Crippen LogP contribution in [-0.4, -0.2) is 18.0 Å². The predicted molar refractivity (Wildman–Crippen MR) is 77.1 cm³/mol. The van der Waals surface area contributed by atoms with Crippen LogP contribution in [0.25, 0.3) is 21.8 Å². The molecule has 0 unspecified atom stereocenters. The minimum atomic E-state index is -0.570. The lowest BCUT2D eigenvalue weighted by Crippen LogP contribution is -2.14. The summed E-state index contributed by atoms with van der Waals surface area (Å²) in [6, 6.07) is 10.1. The number of amides is 1. The van der Waals surface area contributed by atoms with Crippen LogP contribution in [0.2, 0.25) is 0 Å². The second-order valence-corrected chi connectivity index (χ2v) is 4.46. The molecule has 0 fully saturated rings. The topological polar surface area (TPSA) is 85.2 Å². The van der Waals surface area contributed by atoms with E-state index < -0.39 is 5.91 Å². The first kappa shape index (κ1) is 12.2. The van der Waals surface area contributed by atoms with Crippen LogP contribution in [0.15, 0.2) is 41.2 Å². The maximum absolute atomic E-state index is 12.5. The monoisotopic (exact) mass is 268 g/mol. The number of methoxy groups -OCH3 is 1. The van der Waals surface area contributed by atoms with Crippen LogP contribution in [0.5, 0.6) is 5.75 Å². The number of aromatic nitrogens is 1. The van der Waals surface area contributed by atoms with E-state index in [-0.39, 0.29) is 5.43 Å². The zero-order valence-electron chi connectivity index (χ0n) is 10.8. The molecule has 0 saturated heterocycles. The van der Waals surface area contributed by atoms with Gasteiger partial charge in [-0.05, 0) is 30.3 Å². The molecule has 20 heavy (non-hydrogen) atoms. The lowest BCUT2D eigenvalue weighted by molar-refractivity contribution is 0.100. The maximum Gasteiger partial charge on any atom is 0.250 e. The normalized spacial score (nSPS) is 10.8. The van der Waals surface area contributed by atoms with Crippen LogP contribution in [0, 0.1) is 0 Å². The van der Waals surface area contributed by atoms with Gasteiger partial charge in [-0.25, -0.2) is 0 Å². The van der Waals surface area contributed by atoms with Crippen molar-refractivity contribution in [2.24, 2.45) is 5.73 Å². The molecular weight excluding hydrogens is 256 g/mol. The minimum Gasteiger partial charge on any atom is -0.497 e. The van der Waals surface area contributed by atoms with Crippen molar-refractivity contribution in [3.05, 3.63) is 52.2 Å². The molecule has 3 aromatic rings. The van der Waals surface area contributed by atoms with E-state index >= 15 is 0 Å². The Hall–Kier alpha value is -2.82. The average Bonchev–Trinajstić information content (AvgIpc) is 2.46. The third-order valence-corrected chi connectivity index (χ3v) is 3.31. The largest absolute Gasteiger partial charge is 0.497 e. The van der Waals surface area contributed by atoms with E-state index in [2.05, 4.69) is 4.98 Å². The van der Waals surface area contributed by atoms with Crippen molar-refractivity contribution in [3.8, 4) is 5.75 Å². The van der Waals surface area contributed by atoms with Gasteiger partial charge in [-0.1, -0.05) is 6.07 Å². The summed E-state index contributed by atoms with van der Waals surface area (Å²) in [4.78, 5) is 27.0. The van der Waals surface area contributed by atoms with E-state index in [9.17, 15) is 9.59 Å². The number of benzene rings is 2. The molecule has 0 aliphatic carbocycles. The van der Waals surface area contributed by atoms with E-state index in [1.807, 2.05) is 0 Å². The third kappa shape index (κ3) is 1.72. The Kier molecular flexibility index (Phi) is 2.68. The maximum atomic E-state index is 12.5. The number of primary amides is 1. The third-order valence-electron chi connectivity index (χ3n) is 3.31. The SMILES string of the molecule is COc1ccc2[nH]c3c(C(N)=O)cccc3c(=O)c2c1. The Labute approximate surface area is 114 Å². The van der Waals surface area contributed by atoms with Gasteiger partial charge in [0, 0.05) is 10.8 Å². The fourth-order valence-corrected chi connectivity index (χ4v) is 2.31. The van der Waals surface area contributed by atoms with Crippen LogP contribution in [0.4, 0.5) is 0 Å². The van der Waals surface area contributed by atoms with Crippen molar-refractivity contribution in [1.82, 2.24) is 4.98 Å². The number of fused-ring (bicyclic) bond motifs is 2. The number of para-hydroxylation sites is 1. The van der Waals surface area contributed by atoms with Crippen LogP contribution >= 0.6 is 0 Å². The smallest absolute Gasteiger partial charge is 0.250 e. The molecular formula is C15H12N2O3. The van der Waals surface area contributed by atoms with Gasteiger partial charge < -0.3 is 15.5 Å². The van der Waals surface area contributed by atoms with E-state index in [1.165, 1.54) is 0 Å². The standard InChI is InChI=1S/C15H12N2O3/c1-20-8-5-6-12-11(7-8)14(18)9-3-2-4-10(15(16)19)13(9)17-12/h2-7H,1H3,(H2,16,19)(H,17,18). The van der Waals surface area contributed by atoms with Gasteiger partial charge in [0.1, 0.15) is 5.75 Å². The van der Waals surface area contributed by atoms with Crippen molar-refractivity contribution in [1.29, 1.82) is 0 Å². The number of carbonyl (C=O) groups excluding carboxylic acids is 1. The van der Waals surface area contributed by atoms with Gasteiger partial charge in [-0.15, -0.1) is 0 Å². The number of hydrogen-bond donors (Lipinski definition) is 2. The molecule has 0 aliphatic heterocycles. The summed E-state index contributed by atoms with van der Waals surface area (Å²) >= 11 is 0. The van der Waals surface area contributed by atoms with Gasteiger partial charge in [0.15, 0.2) is 5.43 Å². The minimum absolute atomic E-state index is 0.157. The zero-order valence-corrected chi connectivity index (χ0v) is 10.8. The number of pyridine rings is 1. The molecule has 100 valence electrons. The summed E-state index contributed by atoms with van der Waals surface area (Å²) in [6.07, 6.45) is 0. The van der Waals surface area contributed by atoms with Gasteiger partial charge in [-0.3, -0.25) is 9.59 Å². The first-order valence-corrected chi connectivity index (χ1v) is 6.04. The Bertz CT molecular complexity index is 897. The van der Waals surface area contributed by atoms with Crippen molar-refractivity contribution in [2.75, 3.05) is 7.11 Å². The molecule has 3 N–H and O–H groups in total. The first-order chi connectivity index (χ1) is 9.61. The Balaban J connectivity index is 2.50. The summed E-state index contributed by atoms with van der Waals surface area (Å²) in [7, 11) is 1.54. The number of nitrogens with one attached hydrogen (secondary N) is 1. The highest BCUT2D eigenvalue weighted by Crippen LogP contribution is 2.21. The zero-order chi connectivity index (χ0) is 14.3. The van der Waals surface area contributed by atoms with Crippen LogP contribution in [0.3, 0.4) is 0 Å². The molecule has 1 aromatic heterocycles. The molecule has 5 nitrogen and oxygen atoms in total. The Morgan fingerprint density at radius 3 is 2.70 bits per heavy atom. The summed E-state index contributed by atoms with van der Waals surface area (Å²) in [5.41, 5.74) is 6.58. The van der Waals surface area contributed by atoms with Gasteiger partial charge in [0.05, 0.1) is 23.7 Å². The van der Waals surface area contributed by atoms with Gasteiger partial charge in [-0.2, -0.15) is 0 Å². The molecule has 2 aromatic carbocycles. The van der Waals surface area contributed by atoms with Gasteiger partial charge >= 0.3 is 0 Å². The van der Waals surface area contributed by atoms with Crippen molar-refractivity contribution < 1.29 is 9.53 Å². The lowest BCUT2D eigenvalue weighted by Gasteiger charge is -2.07. The second-order valence-electron chi connectivity index (χ2n) is 4.46. The van der Waals surface area contributed by atoms with Crippen LogP contribution in [0.1, 0.15) is 10.4 Å². The molecule has 0 spiro atoms. The lowest BCUT2D eigenvalue weighted by atomic mass is 10.1. The molecule has 1 heterocycles. The van der Waals surface area contributed by atoms with E-state index in [1.54, 1.807) is 43.5 Å². The molecule has 3 rings (SSSR count). The number of nitrogens with two attached hydrogens (primary N) is 1. The molecule has 0 radical (unpaired) electrons. The highest BCUT2D eigenvalue weighted by Gasteiger charge is 2.12. The predicted octanol–water partition coefficient (Wildman–Crippen LogP) is 1.79. The van der Waals surface area contributed by atoms with Crippen molar-refractivity contribution in [3.63, 3.8) is 0 Å². The highest BCUT2D eigenvalue weighted by molar-refractivity contribution is 6.07. The molecule has 0 aliphatic rings. The number of aromatic amines is 1. The first-order valence-electron chi connectivity index (χ1n) is 6.04. The number of H-pyrrole nitrogens is 1. The van der Waals surface area contributed by atoms with Crippen LogP contribution < -0.4 is 15.9 Å². The molecule has 5 heteroatoms.